The number of hydrogen-bond donors (Lipinski definition) is 2. The van der Waals surface area contributed by atoms with E-state index in [1.165, 1.54) is 32.4 Å². The van der Waals surface area contributed by atoms with Gasteiger partial charge in [0.1, 0.15) is 22.8 Å². The molecular weight excluding hydrogens is 288 g/mol. The van der Waals surface area contributed by atoms with Crippen LogP contribution < -0.4 is 9.47 Å². The standard InChI is InChI=1S/C16H16O6/c1-9-4-10(17)6-12(5-9)22-15-13(16(19)21-3)7-11(18)8-14(15)20-2/h4-8,17-18H,1-3H3. The molecule has 0 heterocycles. The van der Waals surface area contributed by atoms with Crippen LogP contribution in [-0.2, 0) is 4.74 Å². The van der Waals surface area contributed by atoms with Crippen molar-refractivity contribution in [2.24, 2.45) is 0 Å². The molecule has 116 valence electrons. The molecule has 0 saturated carbocycles. The molecule has 0 atom stereocenters. The van der Waals surface area contributed by atoms with Crippen molar-refractivity contribution in [3.05, 3.63) is 41.5 Å². The summed E-state index contributed by atoms with van der Waals surface area (Å²) in [5, 5.41) is 19.3. The Kier molecular flexibility index (Phi) is 4.41. The molecule has 0 aliphatic carbocycles. The second-order valence-corrected chi connectivity index (χ2v) is 4.62. The molecule has 0 unspecified atom stereocenters. The first kappa shape index (κ1) is 15.5. The zero-order valence-corrected chi connectivity index (χ0v) is 12.4. The van der Waals surface area contributed by atoms with Crippen LogP contribution in [0.2, 0.25) is 0 Å². The molecule has 0 spiro atoms. The summed E-state index contributed by atoms with van der Waals surface area (Å²) < 4.78 is 15.5. The lowest BCUT2D eigenvalue weighted by Gasteiger charge is -2.15. The molecular formula is C16H16O6. The van der Waals surface area contributed by atoms with Gasteiger partial charge in [0, 0.05) is 12.1 Å². The number of rotatable bonds is 4. The van der Waals surface area contributed by atoms with E-state index in [-0.39, 0.29) is 28.6 Å². The predicted molar refractivity (Wildman–Crippen MR) is 78.9 cm³/mol. The summed E-state index contributed by atoms with van der Waals surface area (Å²) in [5.41, 5.74) is 0.799. The van der Waals surface area contributed by atoms with E-state index in [4.69, 9.17) is 9.47 Å². The summed E-state index contributed by atoms with van der Waals surface area (Å²) in [4.78, 5) is 11.9. The molecule has 0 aliphatic heterocycles. The first-order valence-corrected chi connectivity index (χ1v) is 6.42. The molecule has 6 nitrogen and oxygen atoms in total. The molecule has 2 rings (SSSR count). The molecule has 2 aromatic carbocycles. The summed E-state index contributed by atoms with van der Waals surface area (Å²) in [7, 11) is 2.61. The maximum Gasteiger partial charge on any atom is 0.341 e. The SMILES string of the molecule is COC(=O)c1cc(O)cc(OC)c1Oc1cc(C)cc(O)c1. The minimum Gasteiger partial charge on any atom is -0.508 e. The van der Waals surface area contributed by atoms with Crippen LogP contribution in [-0.4, -0.2) is 30.4 Å². The van der Waals surface area contributed by atoms with Gasteiger partial charge in [0.05, 0.1) is 14.2 Å². The van der Waals surface area contributed by atoms with Gasteiger partial charge in [0.25, 0.3) is 0 Å². The monoisotopic (exact) mass is 304 g/mol. The van der Waals surface area contributed by atoms with E-state index in [2.05, 4.69) is 4.74 Å². The van der Waals surface area contributed by atoms with E-state index in [9.17, 15) is 15.0 Å². The fourth-order valence-electron chi connectivity index (χ4n) is 2.01. The number of aromatic hydroxyl groups is 2. The molecule has 6 heteroatoms. The third-order valence-electron chi connectivity index (χ3n) is 2.92. The fraction of sp³-hybridized carbons (Fsp3) is 0.188. The topological polar surface area (TPSA) is 85.2 Å². The van der Waals surface area contributed by atoms with E-state index in [0.717, 1.165) is 5.56 Å². The largest absolute Gasteiger partial charge is 0.508 e. The lowest BCUT2D eigenvalue weighted by atomic mass is 10.1. The number of esters is 1. The summed E-state index contributed by atoms with van der Waals surface area (Å²) in [6, 6.07) is 7.20. The van der Waals surface area contributed by atoms with Gasteiger partial charge in [-0.25, -0.2) is 4.79 Å². The summed E-state index contributed by atoms with van der Waals surface area (Å²) in [6.45, 7) is 1.79. The highest BCUT2D eigenvalue weighted by molar-refractivity contribution is 5.94. The van der Waals surface area contributed by atoms with Crippen molar-refractivity contribution in [2.75, 3.05) is 14.2 Å². The van der Waals surface area contributed by atoms with Crippen LogP contribution in [0.4, 0.5) is 0 Å². The highest BCUT2D eigenvalue weighted by atomic mass is 16.5. The number of benzene rings is 2. The highest BCUT2D eigenvalue weighted by Gasteiger charge is 2.21. The van der Waals surface area contributed by atoms with Crippen molar-refractivity contribution in [1.29, 1.82) is 0 Å². The Labute approximate surface area is 127 Å². The summed E-state index contributed by atoms with van der Waals surface area (Å²) in [5.74, 6) is -0.213. The van der Waals surface area contributed by atoms with Crippen LogP contribution in [0.3, 0.4) is 0 Å². The van der Waals surface area contributed by atoms with Crippen molar-refractivity contribution in [3.8, 4) is 28.7 Å². The highest BCUT2D eigenvalue weighted by Crippen LogP contribution is 2.39. The van der Waals surface area contributed by atoms with Gasteiger partial charge in [-0.3, -0.25) is 0 Å². The number of phenols is 2. The fourth-order valence-corrected chi connectivity index (χ4v) is 2.01. The zero-order chi connectivity index (χ0) is 16.3. The van der Waals surface area contributed by atoms with Gasteiger partial charge >= 0.3 is 5.97 Å². The Bertz CT molecular complexity index is 688. The Morgan fingerprint density at radius 1 is 1.00 bits per heavy atom. The smallest absolute Gasteiger partial charge is 0.341 e. The maximum atomic E-state index is 11.9. The van der Waals surface area contributed by atoms with Crippen LogP contribution in [0.15, 0.2) is 30.3 Å². The molecule has 2 aromatic rings. The van der Waals surface area contributed by atoms with Crippen molar-refractivity contribution in [3.63, 3.8) is 0 Å². The Morgan fingerprint density at radius 2 is 1.68 bits per heavy atom. The van der Waals surface area contributed by atoms with Crippen molar-refractivity contribution >= 4 is 5.97 Å². The quantitative estimate of drug-likeness (QED) is 0.845. The molecule has 22 heavy (non-hydrogen) atoms. The van der Waals surface area contributed by atoms with Crippen LogP contribution >= 0.6 is 0 Å². The second-order valence-electron chi connectivity index (χ2n) is 4.62. The third-order valence-corrected chi connectivity index (χ3v) is 2.92. The van der Waals surface area contributed by atoms with Gasteiger partial charge in [-0.2, -0.15) is 0 Å². The first-order chi connectivity index (χ1) is 10.4. The second kappa shape index (κ2) is 6.26. The Balaban J connectivity index is 2.54. The number of carbonyl (C=O) groups is 1. The lowest BCUT2D eigenvalue weighted by molar-refractivity contribution is 0.0596. The van der Waals surface area contributed by atoms with E-state index < -0.39 is 5.97 Å². The van der Waals surface area contributed by atoms with Gasteiger partial charge < -0.3 is 24.4 Å². The zero-order valence-electron chi connectivity index (χ0n) is 12.4. The van der Waals surface area contributed by atoms with E-state index in [0.29, 0.717) is 5.75 Å². The number of aryl methyl sites for hydroxylation is 1. The van der Waals surface area contributed by atoms with Crippen LogP contribution in [0, 0.1) is 6.92 Å². The number of methoxy groups -OCH3 is 2. The number of phenolic OH excluding ortho intramolecular Hbond substituents is 2. The van der Waals surface area contributed by atoms with Crippen molar-refractivity contribution in [2.45, 2.75) is 6.92 Å². The van der Waals surface area contributed by atoms with Gasteiger partial charge in [-0.05, 0) is 30.7 Å². The molecule has 0 amide bonds. The molecule has 0 saturated heterocycles. The Morgan fingerprint density at radius 3 is 2.27 bits per heavy atom. The van der Waals surface area contributed by atoms with E-state index in [1.807, 2.05) is 0 Å². The summed E-state index contributed by atoms with van der Waals surface area (Å²) >= 11 is 0. The van der Waals surface area contributed by atoms with E-state index in [1.54, 1.807) is 19.1 Å². The van der Waals surface area contributed by atoms with Crippen LogP contribution in [0.1, 0.15) is 15.9 Å². The minimum atomic E-state index is -0.680. The third kappa shape index (κ3) is 3.22. The average molecular weight is 304 g/mol. The molecule has 0 fully saturated rings. The predicted octanol–water partition coefficient (Wildman–Crippen LogP) is 2.99. The number of ether oxygens (including phenoxy) is 3. The lowest BCUT2D eigenvalue weighted by Crippen LogP contribution is -2.05. The van der Waals surface area contributed by atoms with Crippen LogP contribution in [0.5, 0.6) is 28.7 Å². The van der Waals surface area contributed by atoms with Crippen molar-refractivity contribution < 1.29 is 29.2 Å². The molecule has 0 radical (unpaired) electrons. The first-order valence-electron chi connectivity index (χ1n) is 6.42. The number of hydrogen-bond acceptors (Lipinski definition) is 6. The average Bonchev–Trinajstić information content (AvgIpc) is 2.46. The molecule has 0 aromatic heterocycles. The molecule has 2 N–H and O–H groups in total. The van der Waals surface area contributed by atoms with Gasteiger partial charge in [0.2, 0.25) is 0 Å². The maximum absolute atomic E-state index is 11.9. The van der Waals surface area contributed by atoms with Gasteiger partial charge in [-0.15, -0.1) is 0 Å². The minimum absolute atomic E-state index is 0.0142. The van der Waals surface area contributed by atoms with Crippen LogP contribution in [0.25, 0.3) is 0 Å². The van der Waals surface area contributed by atoms with Gasteiger partial charge in [-0.1, -0.05) is 0 Å². The Hall–Kier alpha value is -2.89. The number of carbonyl (C=O) groups excluding carboxylic acids is 1. The van der Waals surface area contributed by atoms with E-state index >= 15 is 0 Å². The summed E-state index contributed by atoms with van der Waals surface area (Å²) in [6.07, 6.45) is 0. The van der Waals surface area contributed by atoms with Gasteiger partial charge in [0.15, 0.2) is 11.5 Å². The normalized spacial score (nSPS) is 10.1. The molecule has 0 aliphatic rings. The van der Waals surface area contributed by atoms with Crippen molar-refractivity contribution in [1.82, 2.24) is 0 Å². The molecule has 0 bridgehead atoms.